The summed E-state index contributed by atoms with van der Waals surface area (Å²) in [6.45, 7) is 0.339. The molecule has 0 aromatic heterocycles. The van der Waals surface area contributed by atoms with Gasteiger partial charge in [0, 0.05) is 17.1 Å². The third-order valence-electron chi connectivity index (χ3n) is 6.41. The second kappa shape index (κ2) is 15.6. The highest BCUT2D eigenvalue weighted by molar-refractivity contribution is 7.98. The molecule has 45 heavy (non-hydrogen) atoms. The largest absolute Gasteiger partial charge is 0.489 e. The van der Waals surface area contributed by atoms with Gasteiger partial charge in [0.05, 0.1) is 5.56 Å². The Kier molecular flexibility index (Phi) is 11.4. The van der Waals surface area contributed by atoms with Crippen molar-refractivity contribution in [3.63, 3.8) is 0 Å². The zero-order chi connectivity index (χ0) is 32.2. The number of nitrogens with one attached hydrogen (secondary N) is 2. The smallest absolute Gasteiger partial charge is 0.416 e. The summed E-state index contributed by atoms with van der Waals surface area (Å²) in [7, 11) is 0. The fourth-order valence-corrected chi connectivity index (χ4v) is 5.02. The molecule has 4 aromatic rings. The van der Waals surface area contributed by atoms with E-state index in [1.807, 2.05) is 60.7 Å². The first-order valence-electron chi connectivity index (χ1n) is 13.7. The van der Waals surface area contributed by atoms with Gasteiger partial charge in [-0.15, -0.1) is 0 Å². The normalized spacial score (nSPS) is 12.2. The predicted octanol–water partition coefficient (Wildman–Crippen LogP) is 6.56. The van der Waals surface area contributed by atoms with Gasteiger partial charge in [-0.1, -0.05) is 72.8 Å². The number of halogens is 3. The second-order valence-electron chi connectivity index (χ2n) is 9.80. The van der Waals surface area contributed by atoms with E-state index < -0.39 is 35.6 Å². The van der Waals surface area contributed by atoms with Crippen molar-refractivity contribution in [3.8, 4) is 5.75 Å². The molecule has 3 N–H and O–H groups in total. The number of hydrogen-bond donors (Lipinski definition) is 3. The number of carbonyl (C=O) groups is 3. The Balaban J connectivity index is 1.50. The Labute approximate surface area is 262 Å². The molecule has 0 unspecified atom stereocenters. The van der Waals surface area contributed by atoms with Gasteiger partial charge in [0.15, 0.2) is 0 Å². The van der Waals surface area contributed by atoms with Crippen LogP contribution in [0.5, 0.6) is 5.75 Å². The van der Waals surface area contributed by atoms with E-state index in [4.69, 9.17) is 4.74 Å². The van der Waals surface area contributed by atoms with E-state index in [9.17, 15) is 32.7 Å². The molecule has 0 aliphatic heterocycles. The summed E-state index contributed by atoms with van der Waals surface area (Å²) in [6, 6.07) is 27.8. The van der Waals surface area contributed by atoms with E-state index in [1.54, 1.807) is 24.3 Å². The van der Waals surface area contributed by atoms with Crippen molar-refractivity contribution in [2.24, 2.45) is 0 Å². The van der Waals surface area contributed by atoms with Crippen LogP contribution < -0.4 is 15.4 Å². The van der Waals surface area contributed by atoms with Gasteiger partial charge >= 0.3 is 12.1 Å². The maximum absolute atomic E-state index is 13.3. The molecule has 4 rings (SSSR count). The fourth-order valence-electron chi connectivity index (χ4n) is 4.01. The minimum absolute atomic E-state index is 0.0452. The highest BCUT2D eigenvalue weighted by atomic mass is 32.2. The molecule has 0 aliphatic carbocycles. The van der Waals surface area contributed by atoms with E-state index in [0.717, 1.165) is 35.4 Å². The molecule has 2 amide bonds. The first-order chi connectivity index (χ1) is 21.6. The van der Waals surface area contributed by atoms with Crippen LogP contribution in [0.2, 0.25) is 0 Å². The van der Waals surface area contributed by atoms with Gasteiger partial charge in [-0.25, -0.2) is 4.79 Å². The summed E-state index contributed by atoms with van der Waals surface area (Å²) in [5.74, 6) is -1.88. The predicted molar refractivity (Wildman–Crippen MR) is 166 cm³/mol. The Morgan fingerprint density at radius 3 is 2.00 bits per heavy atom. The molecule has 0 heterocycles. The number of alkyl halides is 3. The standard InChI is InChI=1S/C34H29F3N2O5S/c35-34(36,37)27-15-13-26(14-16-27)31(40)38-29(19-23-11-17-28(18-12-23)44-20-24-7-3-1-4-8-24)32(41)39-30(33(42)43)22-45-21-25-9-5-2-6-10-25/h1-19,30H,20-22H2,(H,38,40)(H,39,41)(H,42,43)/t30-/m0/s1. The van der Waals surface area contributed by atoms with Crippen LogP contribution in [-0.2, 0) is 28.1 Å². The molecule has 0 fully saturated rings. The number of benzene rings is 4. The highest BCUT2D eigenvalue weighted by Crippen LogP contribution is 2.29. The van der Waals surface area contributed by atoms with Crippen molar-refractivity contribution in [1.29, 1.82) is 0 Å². The summed E-state index contributed by atoms with van der Waals surface area (Å²) in [4.78, 5) is 38.3. The molecule has 0 saturated carbocycles. The molecule has 11 heteroatoms. The van der Waals surface area contributed by atoms with Crippen LogP contribution in [-0.4, -0.2) is 34.7 Å². The molecule has 4 aromatic carbocycles. The number of thioether (sulfide) groups is 1. The van der Waals surface area contributed by atoms with Gasteiger partial charge in [0.1, 0.15) is 24.1 Å². The lowest BCUT2D eigenvalue weighted by Crippen LogP contribution is -2.45. The number of rotatable bonds is 13. The summed E-state index contributed by atoms with van der Waals surface area (Å²) in [5, 5.41) is 14.6. The van der Waals surface area contributed by atoms with Crippen molar-refractivity contribution in [2.75, 3.05) is 5.75 Å². The molecule has 0 saturated heterocycles. The van der Waals surface area contributed by atoms with Crippen LogP contribution in [0.1, 0.15) is 32.6 Å². The lowest BCUT2D eigenvalue weighted by Gasteiger charge is -2.17. The lowest BCUT2D eigenvalue weighted by molar-refractivity contribution is -0.140. The maximum atomic E-state index is 13.3. The fraction of sp³-hybridized carbons (Fsp3) is 0.147. The summed E-state index contributed by atoms with van der Waals surface area (Å²) >= 11 is 1.31. The van der Waals surface area contributed by atoms with E-state index >= 15 is 0 Å². The molecule has 0 radical (unpaired) electrons. The maximum Gasteiger partial charge on any atom is 0.416 e. The van der Waals surface area contributed by atoms with Gasteiger partial charge in [0.25, 0.3) is 11.8 Å². The van der Waals surface area contributed by atoms with Crippen LogP contribution in [0, 0.1) is 0 Å². The van der Waals surface area contributed by atoms with Crippen LogP contribution >= 0.6 is 11.8 Å². The quantitative estimate of drug-likeness (QED) is 0.144. The first-order valence-corrected chi connectivity index (χ1v) is 14.9. The van der Waals surface area contributed by atoms with Crippen LogP contribution in [0.3, 0.4) is 0 Å². The topological polar surface area (TPSA) is 105 Å². The average molecular weight is 635 g/mol. The second-order valence-corrected chi connectivity index (χ2v) is 10.8. The van der Waals surface area contributed by atoms with Gasteiger partial charge < -0.3 is 20.5 Å². The van der Waals surface area contributed by atoms with E-state index in [-0.39, 0.29) is 17.0 Å². The first kappa shape index (κ1) is 32.9. The SMILES string of the molecule is O=C(N[C@@H](CSCc1ccccc1)C(=O)O)C(=Cc1ccc(OCc2ccccc2)cc1)NC(=O)c1ccc(C(F)(F)F)cc1. The van der Waals surface area contributed by atoms with Gasteiger partial charge in [-0.2, -0.15) is 24.9 Å². The van der Waals surface area contributed by atoms with Crippen molar-refractivity contribution in [2.45, 2.75) is 24.6 Å². The molecule has 0 bridgehead atoms. The Morgan fingerprint density at radius 2 is 1.42 bits per heavy atom. The van der Waals surface area contributed by atoms with Crippen LogP contribution in [0.15, 0.2) is 115 Å². The summed E-state index contributed by atoms with van der Waals surface area (Å²) in [5.41, 5.74) is 1.08. The zero-order valence-corrected chi connectivity index (χ0v) is 24.6. The van der Waals surface area contributed by atoms with E-state index in [1.165, 1.54) is 17.8 Å². The van der Waals surface area contributed by atoms with Gasteiger partial charge in [0.2, 0.25) is 0 Å². The van der Waals surface area contributed by atoms with Crippen LogP contribution in [0.25, 0.3) is 6.08 Å². The third-order valence-corrected chi connectivity index (χ3v) is 7.51. The number of carboxylic acids is 1. The molecule has 1 atom stereocenters. The number of carbonyl (C=O) groups excluding carboxylic acids is 2. The van der Waals surface area contributed by atoms with Crippen molar-refractivity contribution in [1.82, 2.24) is 10.6 Å². The Hall–Kier alpha value is -5.03. The molecule has 7 nitrogen and oxygen atoms in total. The zero-order valence-electron chi connectivity index (χ0n) is 23.8. The third kappa shape index (κ3) is 10.3. The molecule has 0 spiro atoms. The summed E-state index contributed by atoms with van der Waals surface area (Å²) < 4.78 is 44.8. The highest BCUT2D eigenvalue weighted by Gasteiger charge is 2.30. The number of ether oxygens (including phenoxy) is 1. The molecule has 0 aliphatic rings. The molecule has 232 valence electrons. The number of carboxylic acid groups (broad SMARTS) is 1. The molecular weight excluding hydrogens is 605 g/mol. The number of aliphatic carboxylic acids is 1. The van der Waals surface area contributed by atoms with E-state index in [0.29, 0.717) is 23.7 Å². The number of hydrogen-bond acceptors (Lipinski definition) is 5. The lowest BCUT2D eigenvalue weighted by atomic mass is 10.1. The van der Waals surface area contributed by atoms with Crippen LogP contribution in [0.4, 0.5) is 13.2 Å². The Morgan fingerprint density at radius 1 is 0.822 bits per heavy atom. The number of amides is 2. The summed E-state index contributed by atoms with van der Waals surface area (Å²) in [6.07, 6.45) is -3.24. The van der Waals surface area contributed by atoms with Crippen molar-refractivity contribution in [3.05, 3.63) is 143 Å². The van der Waals surface area contributed by atoms with Gasteiger partial charge in [-0.3, -0.25) is 9.59 Å². The minimum Gasteiger partial charge on any atom is -0.489 e. The minimum atomic E-state index is -4.58. The monoisotopic (exact) mass is 634 g/mol. The average Bonchev–Trinajstić information content (AvgIpc) is 3.04. The van der Waals surface area contributed by atoms with Crippen molar-refractivity contribution < 1.29 is 37.4 Å². The Bertz CT molecular complexity index is 1610. The van der Waals surface area contributed by atoms with Gasteiger partial charge in [-0.05, 0) is 59.2 Å². The van der Waals surface area contributed by atoms with Crippen molar-refractivity contribution >= 4 is 35.6 Å². The van der Waals surface area contributed by atoms with E-state index in [2.05, 4.69) is 10.6 Å². The molecular formula is C34H29F3N2O5S.